The zero-order valence-corrected chi connectivity index (χ0v) is 12.6. The van der Waals surface area contributed by atoms with Gasteiger partial charge in [0.15, 0.2) is 0 Å². The molecule has 2 heterocycles. The third-order valence-corrected chi connectivity index (χ3v) is 5.68. The number of likely N-dealkylation sites (tertiary alicyclic amines) is 2. The van der Waals surface area contributed by atoms with Crippen molar-refractivity contribution < 1.29 is 0 Å². The zero-order chi connectivity index (χ0) is 13.1. The first kappa shape index (κ1) is 13.8. The largest absolute Gasteiger partial charge is 0.317 e. The topological polar surface area (TPSA) is 18.5 Å². The lowest BCUT2D eigenvalue weighted by Gasteiger charge is -2.34. The van der Waals surface area contributed by atoms with Crippen molar-refractivity contribution in [1.82, 2.24) is 15.1 Å². The van der Waals surface area contributed by atoms with Crippen LogP contribution in [0.2, 0.25) is 0 Å². The van der Waals surface area contributed by atoms with Crippen LogP contribution in [0, 0.1) is 5.92 Å². The molecule has 3 heteroatoms. The van der Waals surface area contributed by atoms with Crippen LogP contribution in [0.15, 0.2) is 0 Å². The van der Waals surface area contributed by atoms with Gasteiger partial charge in [-0.3, -0.25) is 4.90 Å². The number of nitrogens with zero attached hydrogens (tertiary/aromatic N) is 2. The van der Waals surface area contributed by atoms with E-state index in [-0.39, 0.29) is 0 Å². The zero-order valence-electron chi connectivity index (χ0n) is 12.6. The SMILES string of the molecule is CNC1CCCCC1CN1CCC(N2CCCC2)C1. The molecule has 3 aliphatic rings. The van der Waals surface area contributed by atoms with E-state index < -0.39 is 0 Å². The average Bonchev–Trinajstić information content (AvgIpc) is 3.09. The van der Waals surface area contributed by atoms with Gasteiger partial charge >= 0.3 is 0 Å². The lowest BCUT2D eigenvalue weighted by atomic mass is 9.84. The van der Waals surface area contributed by atoms with Crippen LogP contribution in [0.25, 0.3) is 0 Å². The van der Waals surface area contributed by atoms with E-state index in [2.05, 4.69) is 22.2 Å². The molecule has 0 amide bonds. The lowest BCUT2D eigenvalue weighted by Crippen LogP contribution is -2.43. The summed E-state index contributed by atoms with van der Waals surface area (Å²) in [6.07, 6.45) is 9.99. The number of hydrogen-bond donors (Lipinski definition) is 1. The van der Waals surface area contributed by atoms with E-state index in [1.54, 1.807) is 0 Å². The average molecular weight is 265 g/mol. The van der Waals surface area contributed by atoms with Gasteiger partial charge in [0, 0.05) is 25.2 Å². The van der Waals surface area contributed by atoms with Crippen molar-refractivity contribution in [2.45, 2.75) is 57.0 Å². The van der Waals surface area contributed by atoms with Gasteiger partial charge in [0.2, 0.25) is 0 Å². The van der Waals surface area contributed by atoms with E-state index in [4.69, 9.17) is 0 Å². The highest BCUT2D eigenvalue weighted by atomic mass is 15.3. The fourth-order valence-corrected chi connectivity index (χ4v) is 4.52. The molecule has 2 saturated heterocycles. The van der Waals surface area contributed by atoms with E-state index >= 15 is 0 Å². The Kier molecular flexibility index (Phi) is 4.78. The third kappa shape index (κ3) is 3.32. The van der Waals surface area contributed by atoms with Crippen molar-refractivity contribution in [2.24, 2.45) is 5.92 Å². The summed E-state index contributed by atoms with van der Waals surface area (Å²) in [6.45, 7) is 6.75. The Bertz CT molecular complexity index is 275. The monoisotopic (exact) mass is 265 g/mol. The molecule has 3 unspecified atom stereocenters. The first-order chi connectivity index (χ1) is 9.36. The predicted molar refractivity (Wildman–Crippen MR) is 80.5 cm³/mol. The molecular weight excluding hydrogens is 234 g/mol. The molecule has 19 heavy (non-hydrogen) atoms. The van der Waals surface area contributed by atoms with Crippen molar-refractivity contribution in [3.63, 3.8) is 0 Å². The Morgan fingerprint density at radius 1 is 0.947 bits per heavy atom. The van der Waals surface area contributed by atoms with Crippen molar-refractivity contribution >= 4 is 0 Å². The molecule has 3 nitrogen and oxygen atoms in total. The summed E-state index contributed by atoms with van der Waals surface area (Å²) in [5.41, 5.74) is 0. The smallest absolute Gasteiger partial charge is 0.0235 e. The Morgan fingerprint density at radius 2 is 1.74 bits per heavy atom. The van der Waals surface area contributed by atoms with Gasteiger partial charge in [-0.15, -0.1) is 0 Å². The van der Waals surface area contributed by atoms with Crippen molar-refractivity contribution in [1.29, 1.82) is 0 Å². The molecule has 3 fully saturated rings. The van der Waals surface area contributed by atoms with E-state index in [1.165, 1.54) is 77.7 Å². The van der Waals surface area contributed by atoms with Crippen LogP contribution >= 0.6 is 0 Å². The predicted octanol–water partition coefficient (Wildman–Crippen LogP) is 1.93. The molecule has 2 aliphatic heterocycles. The molecule has 3 atom stereocenters. The Hall–Kier alpha value is -0.120. The molecule has 0 aromatic rings. The summed E-state index contributed by atoms with van der Waals surface area (Å²) < 4.78 is 0. The maximum absolute atomic E-state index is 3.56. The van der Waals surface area contributed by atoms with Crippen molar-refractivity contribution in [3.8, 4) is 0 Å². The van der Waals surface area contributed by atoms with E-state index in [9.17, 15) is 0 Å². The van der Waals surface area contributed by atoms with Gasteiger partial charge < -0.3 is 10.2 Å². The highest BCUT2D eigenvalue weighted by Crippen LogP contribution is 2.27. The molecule has 0 bridgehead atoms. The Balaban J connectivity index is 1.47. The van der Waals surface area contributed by atoms with Gasteiger partial charge in [0.25, 0.3) is 0 Å². The highest BCUT2D eigenvalue weighted by Gasteiger charge is 2.32. The minimum absolute atomic E-state index is 0.777. The first-order valence-corrected chi connectivity index (χ1v) is 8.50. The maximum Gasteiger partial charge on any atom is 0.0235 e. The second-order valence-electron chi connectivity index (χ2n) is 6.88. The summed E-state index contributed by atoms with van der Waals surface area (Å²) in [5.74, 6) is 0.899. The molecule has 1 aliphatic carbocycles. The summed E-state index contributed by atoms with van der Waals surface area (Å²) >= 11 is 0. The van der Waals surface area contributed by atoms with Crippen molar-refractivity contribution in [3.05, 3.63) is 0 Å². The maximum atomic E-state index is 3.56. The van der Waals surface area contributed by atoms with Gasteiger partial charge in [-0.05, 0) is 64.7 Å². The van der Waals surface area contributed by atoms with Gasteiger partial charge in [0.05, 0.1) is 0 Å². The van der Waals surface area contributed by atoms with Crippen LogP contribution < -0.4 is 5.32 Å². The summed E-state index contributed by atoms with van der Waals surface area (Å²) in [7, 11) is 2.15. The van der Waals surface area contributed by atoms with Gasteiger partial charge in [-0.2, -0.15) is 0 Å². The van der Waals surface area contributed by atoms with E-state index in [0.29, 0.717) is 0 Å². The Morgan fingerprint density at radius 3 is 2.53 bits per heavy atom. The van der Waals surface area contributed by atoms with Crippen LogP contribution in [0.4, 0.5) is 0 Å². The Labute approximate surface area is 118 Å². The van der Waals surface area contributed by atoms with E-state index in [1.807, 2.05) is 0 Å². The molecule has 0 radical (unpaired) electrons. The van der Waals surface area contributed by atoms with Crippen LogP contribution in [0.1, 0.15) is 44.9 Å². The fourth-order valence-electron chi connectivity index (χ4n) is 4.52. The molecule has 0 aromatic carbocycles. The first-order valence-electron chi connectivity index (χ1n) is 8.50. The van der Waals surface area contributed by atoms with Crippen LogP contribution in [-0.4, -0.2) is 61.7 Å². The molecule has 1 N–H and O–H groups in total. The second kappa shape index (κ2) is 6.55. The lowest BCUT2D eigenvalue weighted by molar-refractivity contribution is 0.178. The normalized spacial score (nSPS) is 38.1. The molecule has 0 aromatic heterocycles. The molecule has 1 saturated carbocycles. The van der Waals surface area contributed by atoms with Gasteiger partial charge in [-0.25, -0.2) is 0 Å². The third-order valence-electron chi connectivity index (χ3n) is 5.68. The minimum Gasteiger partial charge on any atom is -0.317 e. The fraction of sp³-hybridized carbons (Fsp3) is 1.00. The van der Waals surface area contributed by atoms with Crippen LogP contribution in [0.5, 0.6) is 0 Å². The van der Waals surface area contributed by atoms with Crippen LogP contribution in [0.3, 0.4) is 0 Å². The molecule has 3 rings (SSSR count). The molecule has 0 spiro atoms. The quantitative estimate of drug-likeness (QED) is 0.838. The molecule has 110 valence electrons. The van der Waals surface area contributed by atoms with Gasteiger partial charge in [-0.1, -0.05) is 12.8 Å². The van der Waals surface area contributed by atoms with Crippen LogP contribution in [-0.2, 0) is 0 Å². The number of nitrogens with one attached hydrogen (secondary N) is 1. The standard InChI is InChI=1S/C16H31N3/c1-17-16-7-3-2-6-14(16)12-18-11-8-15(13-18)19-9-4-5-10-19/h14-17H,2-13H2,1H3. The minimum atomic E-state index is 0.777. The summed E-state index contributed by atoms with van der Waals surface area (Å²) in [6, 6.07) is 1.65. The van der Waals surface area contributed by atoms with Gasteiger partial charge in [0.1, 0.15) is 0 Å². The summed E-state index contributed by atoms with van der Waals surface area (Å²) in [5, 5.41) is 3.56. The molecular formula is C16H31N3. The van der Waals surface area contributed by atoms with Crippen molar-refractivity contribution in [2.75, 3.05) is 39.8 Å². The number of rotatable bonds is 4. The summed E-state index contributed by atoms with van der Waals surface area (Å²) in [4.78, 5) is 5.50. The second-order valence-corrected chi connectivity index (χ2v) is 6.88. The van der Waals surface area contributed by atoms with E-state index in [0.717, 1.165) is 18.0 Å². The highest BCUT2D eigenvalue weighted by molar-refractivity contribution is 4.89. The number of hydrogen-bond acceptors (Lipinski definition) is 3.